The van der Waals surface area contributed by atoms with Gasteiger partial charge < -0.3 is 10.6 Å². The largest absolute Gasteiger partial charge is 0.396 e. The van der Waals surface area contributed by atoms with Crippen LogP contribution in [-0.4, -0.2) is 33.9 Å². The summed E-state index contributed by atoms with van der Waals surface area (Å²) >= 11 is 0. The minimum absolute atomic E-state index is 0.0958. The van der Waals surface area contributed by atoms with Gasteiger partial charge in [0.05, 0.1) is 11.9 Å². The van der Waals surface area contributed by atoms with E-state index in [1.807, 2.05) is 20.9 Å². The molecular formula is C13H20N4O. The molecule has 5 heteroatoms. The molecule has 1 aromatic rings. The van der Waals surface area contributed by atoms with Crippen LogP contribution in [0, 0.1) is 0 Å². The number of aromatic nitrogens is 2. The smallest absolute Gasteiger partial charge is 0.274 e. The number of carbonyl (C=O) groups excluding carboxylic acids is 1. The van der Waals surface area contributed by atoms with Gasteiger partial charge in [-0.2, -0.15) is 0 Å². The molecule has 1 aliphatic carbocycles. The van der Waals surface area contributed by atoms with Gasteiger partial charge in [0.1, 0.15) is 5.82 Å². The van der Waals surface area contributed by atoms with Gasteiger partial charge in [0, 0.05) is 19.0 Å². The second-order valence-electron chi connectivity index (χ2n) is 5.19. The third-order valence-corrected chi connectivity index (χ3v) is 3.50. The number of carbonyl (C=O) groups is 1. The van der Waals surface area contributed by atoms with Crippen molar-refractivity contribution in [2.75, 3.05) is 12.8 Å². The van der Waals surface area contributed by atoms with Crippen molar-refractivity contribution >= 4 is 11.6 Å². The van der Waals surface area contributed by atoms with Gasteiger partial charge in [-0.25, -0.2) is 9.97 Å². The van der Waals surface area contributed by atoms with E-state index in [-0.39, 0.29) is 11.8 Å². The van der Waals surface area contributed by atoms with Crippen molar-refractivity contribution in [3.8, 4) is 0 Å². The third-order valence-electron chi connectivity index (χ3n) is 3.50. The number of rotatable bonds is 3. The van der Waals surface area contributed by atoms with Gasteiger partial charge in [0.15, 0.2) is 5.69 Å². The number of nitrogens with zero attached hydrogens (tertiary/aromatic N) is 3. The van der Waals surface area contributed by atoms with Gasteiger partial charge in [-0.3, -0.25) is 4.79 Å². The molecule has 1 aliphatic rings. The maximum atomic E-state index is 12.3. The van der Waals surface area contributed by atoms with Crippen molar-refractivity contribution in [3.05, 3.63) is 17.7 Å². The molecule has 98 valence electrons. The van der Waals surface area contributed by atoms with E-state index in [0.29, 0.717) is 23.2 Å². The fourth-order valence-electron chi connectivity index (χ4n) is 1.96. The van der Waals surface area contributed by atoms with Crippen molar-refractivity contribution in [3.63, 3.8) is 0 Å². The van der Waals surface area contributed by atoms with Gasteiger partial charge in [-0.05, 0) is 19.3 Å². The van der Waals surface area contributed by atoms with Crippen molar-refractivity contribution in [2.24, 2.45) is 0 Å². The van der Waals surface area contributed by atoms with E-state index in [2.05, 4.69) is 9.97 Å². The molecule has 2 rings (SSSR count). The van der Waals surface area contributed by atoms with E-state index in [9.17, 15) is 4.79 Å². The molecule has 0 radical (unpaired) electrons. The summed E-state index contributed by atoms with van der Waals surface area (Å²) in [4.78, 5) is 22.5. The lowest BCUT2D eigenvalue weighted by atomic mass is 9.91. The first-order chi connectivity index (χ1) is 8.50. The Morgan fingerprint density at radius 2 is 2.17 bits per heavy atom. The minimum atomic E-state index is -0.0958. The summed E-state index contributed by atoms with van der Waals surface area (Å²) in [5.41, 5.74) is 6.51. The van der Waals surface area contributed by atoms with E-state index >= 15 is 0 Å². The van der Waals surface area contributed by atoms with Crippen LogP contribution < -0.4 is 5.73 Å². The molecule has 5 nitrogen and oxygen atoms in total. The highest BCUT2D eigenvalue weighted by Crippen LogP contribution is 2.25. The van der Waals surface area contributed by atoms with Crippen LogP contribution in [0.15, 0.2) is 6.20 Å². The molecule has 2 N–H and O–H groups in total. The standard InChI is InChI=1S/C13H20N4O/c1-8(2)12-15-7-10(14)11(16-12)13(18)17(3)9-5-4-6-9/h7-9H,4-6,14H2,1-3H3. The second-order valence-corrected chi connectivity index (χ2v) is 5.19. The molecule has 18 heavy (non-hydrogen) atoms. The molecule has 1 saturated carbocycles. The summed E-state index contributed by atoms with van der Waals surface area (Å²) in [6.45, 7) is 3.99. The summed E-state index contributed by atoms with van der Waals surface area (Å²) in [5.74, 6) is 0.752. The van der Waals surface area contributed by atoms with Gasteiger partial charge in [-0.1, -0.05) is 13.8 Å². The normalized spacial score (nSPS) is 15.6. The fraction of sp³-hybridized carbons (Fsp3) is 0.615. The predicted octanol–water partition coefficient (Wildman–Crippen LogP) is 1.81. The van der Waals surface area contributed by atoms with Gasteiger partial charge >= 0.3 is 0 Å². The van der Waals surface area contributed by atoms with Crippen LogP contribution in [0.4, 0.5) is 5.69 Å². The monoisotopic (exact) mass is 248 g/mol. The Hall–Kier alpha value is -1.65. The van der Waals surface area contributed by atoms with Crippen LogP contribution in [0.5, 0.6) is 0 Å². The molecule has 1 heterocycles. The summed E-state index contributed by atoms with van der Waals surface area (Å²) in [7, 11) is 1.82. The number of nitrogens with two attached hydrogens (primary N) is 1. The lowest BCUT2D eigenvalue weighted by molar-refractivity contribution is 0.0646. The van der Waals surface area contributed by atoms with Gasteiger partial charge in [-0.15, -0.1) is 0 Å². The zero-order chi connectivity index (χ0) is 13.3. The number of amides is 1. The molecule has 0 spiro atoms. The predicted molar refractivity (Wildman–Crippen MR) is 70.3 cm³/mol. The number of nitrogen functional groups attached to an aromatic ring is 1. The topological polar surface area (TPSA) is 72.1 Å². The van der Waals surface area contributed by atoms with E-state index in [4.69, 9.17) is 5.73 Å². The Labute approximate surface area is 107 Å². The van der Waals surface area contributed by atoms with Gasteiger partial charge in [0.2, 0.25) is 0 Å². The Morgan fingerprint density at radius 1 is 1.50 bits per heavy atom. The lowest BCUT2D eigenvalue weighted by Crippen LogP contribution is -2.42. The number of anilines is 1. The molecule has 1 amide bonds. The zero-order valence-electron chi connectivity index (χ0n) is 11.2. The van der Waals surface area contributed by atoms with Crippen molar-refractivity contribution in [2.45, 2.75) is 45.1 Å². The first-order valence-electron chi connectivity index (χ1n) is 6.40. The van der Waals surface area contributed by atoms with Crippen LogP contribution in [0.1, 0.15) is 55.3 Å². The third kappa shape index (κ3) is 2.30. The van der Waals surface area contributed by atoms with Gasteiger partial charge in [0.25, 0.3) is 5.91 Å². The minimum Gasteiger partial charge on any atom is -0.396 e. The maximum absolute atomic E-state index is 12.3. The Balaban J connectivity index is 2.25. The van der Waals surface area contributed by atoms with Crippen molar-refractivity contribution < 1.29 is 4.79 Å². The SMILES string of the molecule is CC(C)c1ncc(N)c(C(=O)N(C)C2CCC2)n1. The van der Waals surface area contributed by atoms with E-state index < -0.39 is 0 Å². The van der Waals surface area contributed by atoms with E-state index in [1.165, 1.54) is 12.6 Å². The molecule has 0 aromatic carbocycles. The Morgan fingerprint density at radius 3 is 2.67 bits per heavy atom. The maximum Gasteiger partial charge on any atom is 0.274 e. The number of hydrogen-bond acceptors (Lipinski definition) is 4. The lowest BCUT2D eigenvalue weighted by Gasteiger charge is -2.34. The number of hydrogen-bond donors (Lipinski definition) is 1. The molecule has 0 atom stereocenters. The van der Waals surface area contributed by atoms with Crippen LogP contribution >= 0.6 is 0 Å². The van der Waals surface area contributed by atoms with Crippen molar-refractivity contribution in [1.29, 1.82) is 0 Å². The second kappa shape index (κ2) is 4.92. The molecule has 0 aliphatic heterocycles. The molecule has 0 saturated heterocycles. The van der Waals surface area contributed by atoms with Crippen LogP contribution in [0.3, 0.4) is 0 Å². The summed E-state index contributed by atoms with van der Waals surface area (Å²) in [6.07, 6.45) is 4.87. The first-order valence-corrected chi connectivity index (χ1v) is 6.40. The van der Waals surface area contributed by atoms with Crippen LogP contribution in [0.25, 0.3) is 0 Å². The fourth-order valence-corrected chi connectivity index (χ4v) is 1.96. The summed E-state index contributed by atoms with van der Waals surface area (Å²) < 4.78 is 0. The highest BCUT2D eigenvalue weighted by Gasteiger charge is 2.28. The highest BCUT2D eigenvalue weighted by atomic mass is 16.2. The Bertz CT molecular complexity index is 454. The first kappa shape index (κ1) is 12.8. The average Bonchev–Trinajstić information content (AvgIpc) is 2.26. The zero-order valence-corrected chi connectivity index (χ0v) is 11.2. The quantitative estimate of drug-likeness (QED) is 0.885. The molecule has 1 fully saturated rings. The van der Waals surface area contributed by atoms with Crippen LogP contribution in [0.2, 0.25) is 0 Å². The van der Waals surface area contributed by atoms with Crippen molar-refractivity contribution in [1.82, 2.24) is 14.9 Å². The molecular weight excluding hydrogens is 228 g/mol. The van der Waals surface area contributed by atoms with E-state index in [1.54, 1.807) is 4.90 Å². The molecule has 1 aromatic heterocycles. The molecule has 0 bridgehead atoms. The molecule has 0 unspecified atom stereocenters. The highest BCUT2D eigenvalue weighted by molar-refractivity contribution is 5.97. The summed E-state index contributed by atoms with van der Waals surface area (Å²) in [5, 5.41) is 0. The average molecular weight is 248 g/mol. The van der Waals surface area contributed by atoms with Crippen LogP contribution in [-0.2, 0) is 0 Å². The van der Waals surface area contributed by atoms with E-state index in [0.717, 1.165) is 12.8 Å². The summed E-state index contributed by atoms with van der Waals surface area (Å²) in [6, 6.07) is 0.342. The Kier molecular flexibility index (Phi) is 3.50.